The molecule has 0 spiro atoms. The summed E-state index contributed by atoms with van der Waals surface area (Å²) in [7, 11) is 1.69. The van der Waals surface area contributed by atoms with Gasteiger partial charge in [-0.25, -0.2) is 0 Å². The molecule has 0 aromatic heterocycles. The number of aliphatic hydroxyl groups is 1. The minimum Gasteiger partial charge on any atom is -0.496 e. The van der Waals surface area contributed by atoms with Crippen LogP contribution in [0.25, 0.3) is 0 Å². The van der Waals surface area contributed by atoms with E-state index in [0.717, 1.165) is 43.0 Å². The smallest absolute Gasteiger partial charge is 0.123 e. The molecule has 21 heavy (non-hydrogen) atoms. The first-order chi connectivity index (χ1) is 10.0. The lowest BCUT2D eigenvalue weighted by Gasteiger charge is -2.38. The van der Waals surface area contributed by atoms with E-state index in [0.29, 0.717) is 6.04 Å². The van der Waals surface area contributed by atoms with Gasteiger partial charge in [-0.2, -0.15) is 0 Å². The molecule has 0 aliphatic carbocycles. The van der Waals surface area contributed by atoms with E-state index >= 15 is 0 Å². The Morgan fingerprint density at radius 1 is 1.48 bits per heavy atom. The van der Waals surface area contributed by atoms with Crippen LogP contribution in [0.3, 0.4) is 0 Å². The van der Waals surface area contributed by atoms with E-state index in [2.05, 4.69) is 24.8 Å². The van der Waals surface area contributed by atoms with Gasteiger partial charge in [-0.3, -0.25) is 4.90 Å². The highest BCUT2D eigenvalue weighted by Gasteiger charge is 2.26. The van der Waals surface area contributed by atoms with E-state index in [4.69, 9.17) is 9.47 Å². The molecular weight excluding hydrogens is 266 g/mol. The van der Waals surface area contributed by atoms with Gasteiger partial charge in [0.05, 0.1) is 25.9 Å². The van der Waals surface area contributed by atoms with Crippen molar-refractivity contribution in [2.24, 2.45) is 0 Å². The summed E-state index contributed by atoms with van der Waals surface area (Å²) in [6.45, 7) is 8.65. The van der Waals surface area contributed by atoms with Gasteiger partial charge in [-0.15, -0.1) is 0 Å². The number of benzene rings is 1. The number of methoxy groups -OCH3 is 1. The largest absolute Gasteiger partial charge is 0.496 e. The summed E-state index contributed by atoms with van der Waals surface area (Å²) in [4.78, 5) is 2.46. The molecule has 4 heteroatoms. The molecule has 1 aromatic rings. The molecule has 1 heterocycles. The van der Waals surface area contributed by atoms with Crippen molar-refractivity contribution in [3.8, 4) is 5.75 Å². The van der Waals surface area contributed by atoms with E-state index < -0.39 is 6.10 Å². The van der Waals surface area contributed by atoms with Gasteiger partial charge < -0.3 is 14.6 Å². The molecule has 1 N–H and O–H groups in total. The van der Waals surface area contributed by atoms with Gasteiger partial charge in [0.1, 0.15) is 5.75 Å². The molecule has 3 unspecified atom stereocenters. The zero-order chi connectivity index (χ0) is 15.4. The van der Waals surface area contributed by atoms with Crippen molar-refractivity contribution in [2.75, 3.05) is 20.3 Å². The quantitative estimate of drug-likeness (QED) is 0.906. The van der Waals surface area contributed by atoms with Crippen molar-refractivity contribution in [2.45, 2.75) is 52.0 Å². The fourth-order valence-corrected chi connectivity index (χ4v) is 2.88. The topological polar surface area (TPSA) is 41.9 Å². The maximum atomic E-state index is 9.78. The molecule has 1 aliphatic heterocycles. The molecule has 0 radical (unpaired) electrons. The average Bonchev–Trinajstić information content (AvgIpc) is 2.47. The second kappa shape index (κ2) is 7.25. The third kappa shape index (κ3) is 3.96. The molecule has 118 valence electrons. The number of hydrogen-bond acceptors (Lipinski definition) is 4. The maximum Gasteiger partial charge on any atom is 0.123 e. The Labute approximate surface area is 127 Å². The van der Waals surface area contributed by atoms with Crippen LogP contribution in [0.2, 0.25) is 0 Å². The Kier molecular flexibility index (Phi) is 5.62. The Bertz CT molecular complexity index is 461. The average molecular weight is 293 g/mol. The maximum absolute atomic E-state index is 9.78. The van der Waals surface area contributed by atoms with Gasteiger partial charge in [0, 0.05) is 24.7 Å². The second-order valence-corrected chi connectivity index (χ2v) is 5.88. The van der Waals surface area contributed by atoms with Gasteiger partial charge >= 0.3 is 0 Å². The molecule has 2 rings (SSSR count). The van der Waals surface area contributed by atoms with E-state index in [1.165, 1.54) is 0 Å². The fraction of sp³-hybridized carbons (Fsp3) is 0.647. The third-order valence-corrected chi connectivity index (χ3v) is 4.21. The van der Waals surface area contributed by atoms with Crippen molar-refractivity contribution in [1.29, 1.82) is 0 Å². The van der Waals surface area contributed by atoms with Crippen molar-refractivity contribution in [3.63, 3.8) is 0 Å². The highest BCUT2D eigenvalue weighted by Crippen LogP contribution is 2.27. The van der Waals surface area contributed by atoms with E-state index in [1.54, 1.807) is 14.0 Å². The predicted molar refractivity (Wildman–Crippen MR) is 83.5 cm³/mol. The zero-order valence-electron chi connectivity index (χ0n) is 13.5. The van der Waals surface area contributed by atoms with E-state index in [9.17, 15) is 5.11 Å². The van der Waals surface area contributed by atoms with Crippen LogP contribution in [0.15, 0.2) is 18.2 Å². The summed E-state index contributed by atoms with van der Waals surface area (Å²) in [6.07, 6.45) is 0.879. The lowest BCUT2D eigenvalue weighted by molar-refractivity contribution is -0.0593. The molecule has 3 atom stereocenters. The number of rotatable bonds is 5. The number of hydrogen-bond donors (Lipinski definition) is 1. The molecule has 1 aromatic carbocycles. The van der Waals surface area contributed by atoms with Crippen molar-refractivity contribution in [1.82, 2.24) is 4.90 Å². The van der Waals surface area contributed by atoms with Crippen molar-refractivity contribution < 1.29 is 14.6 Å². The molecular formula is C17H27NO3. The van der Waals surface area contributed by atoms with Crippen LogP contribution in [-0.2, 0) is 11.3 Å². The standard InChI is InChI=1S/C17H27NO3/c1-5-16-11-21-12(2)9-18(16)10-15-8-14(13(3)19)6-7-17(15)20-4/h6-8,12-13,16,19H,5,9-11H2,1-4H3. The van der Waals surface area contributed by atoms with Gasteiger partial charge in [0.25, 0.3) is 0 Å². The summed E-state index contributed by atoms with van der Waals surface area (Å²) in [6, 6.07) is 6.37. The number of ether oxygens (including phenoxy) is 2. The van der Waals surface area contributed by atoms with Crippen molar-refractivity contribution in [3.05, 3.63) is 29.3 Å². The van der Waals surface area contributed by atoms with Gasteiger partial charge in [-0.1, -0.05) is 13.0 Å². The molecule has 1 saturated heterocycles. The first kappa shape index (κ1) is 16.3. The first-order valence-electron chi connectivity index (χ1n) is 7.75. The van der Waals surface area contributed by atoms with Gasteiger partial charge in [-0.05, 0) is 38.0 Å². The van der Waals surface area contributed by atoms with Crippen LogP contribution >= 0.6 is 0 Å². The zero-order valence-corrected chi connectivity index (χ0v) is 13.5. The predicted octanol–water partition coefficient (Wildman–Crippen LogP) is 2.75. The fourth-order valence-electron chi connectivity index (χ4n) is 2.88. The summed E-state index contributed by atoms with van der Waals surface area (Å²) in [5.74, 6) is 0.883. The summed E-state index contributed by atoms with van der Waals surface area (Å²) in [5, 5.41) is 9.78. The normalized spacial score (nSPS) is 24.8. The third-order valence-electron chi connectivity index (χ3n) is 4.21. The number of aliphatic hydroxyl groups excluding tert-OH is 1. The van der Waals surface area contributed by atoms with Crippen LogP contribution in [-0.4, -0.2) is 42.4 Å². The molecule has 1 fully saturated rings. The minimum atomic E-state index is -0.458. The van der Waals surface area contributed by atoms with Crippen LogP contribution in [0.1, 0.15) is 44.4 Å². The Morgan fingerprint density at radius 2 is 2.24 bits per heavy atom. The molecule has 1 aliphatic rings. The number of morpholine rings is 1. The number of nitrogens with zero attached hydrogens (tertiary/aromatic N) is 1. The highest BCUT2D eigenvalue weighted by molar-refractivity contribution is 5.38. The van der Waals surface area contributed by atoms with E-state index in [-0.39, 0.29) is 6.10 Å². The van der Waals surface area contributed by atoms with Crippen LogP contribution in [0, 0.1) is 0 Å². The lowest BCUT2D eigenvalue weighted by atomic mass is 10.0. The first-order valence-corrected chi connectivity index (χ1v) is 7.75. The summed E-state index contributed by atoms with van der Waals surface area (Å²) < 4.78 is 11.2. The molecule has 4 nitrogen and oxygen atoms in total. The lowest BCUT2D eigenvalue weighted by Crippen LogP contribution is -2.47. The Balaban J connectivity index is 2.21. The summed E-state index contributed by atoms with van der Waals surface area (Å²) in [5.41, 5.74) is 2.06. The molecule has 0 saturated carbocycles. The molecule has 0 bridgehead atoms. The minimum absolute atomic E-state index is 0.263. The Morgan fingerprint density at radius 3 is 2.86 bits per heavy atom. The second-order valence-electron chi connectivity index (χ2n) is 5.88. The van der Waals surface area contributed by atoms with Crippen molar-refractivity contribution >= 4 is 0 Å². The van der Waals surface area contributed by atoms with Crippen LogP contribution in [0.5, 0.6) is 5.75 Å². The highest BCUT2D eigenvalue weighted by atomic mass is 16.5. The van der Waals surface area contributed by atoms with E-state index in [1.807, 2.05) is 12.1 Å². The SMILES string of the molecule is CCC1COC(C)CN1Cc1cc(C(C)O)ccc1OC. The monoisotopic (exact) mass is 293 g/mol. The van der Waals surface area contributed by atoms with Crippen LogP contribution < -0.4 is 4.74 Å². The van der Waals surface area contributed by atoms with Crippen LogP contribution in [0.4, 0.5) is 0 Å². The Hall–Kier alpha value is -1.10. The summed E-state index contributed by atoms with van der Waals surface area (Å²) >= 11 is 0. The van der Waals surface area contributed by atoms with Gasteiger partial charge in [0.15, 0.2) is 0 Å². The van der Waals surface area contributed by atoms with Gasteiger partial charge in [0.2, 0.25) is 0 Å². The molecule has 0 amide bonds.